The molecule has 0 spiro atoms. The fraction of sp³-hybridized carbons (Fsp3) is 0.333. The van der Waals surface area contributed by atoms with Gasteiger partial charge in [-0.15, -0.1) is 0 Å². The minimum Gasteiger partial charge on any atom is -0.319 e. The average Bonchev–Trinajstić information content (AvgIpc) is 2.15. The molecule has 0 saturated heterocycles. The van der Waals surface area contributed by atoms with Gasteiger partial charge < -0.3 is 5.32 Å². The number of nitrogens with zero attached hydrogens (tertiary/aromatic N) is 1. The molecule has 0 aliphatic heterocycles. The van der Waals surface area contributed by atoms with Crippen LogP contribution in [0.25, 0.3) is 0 Å². The second kappa shape index (κ2) is 4.62. The van der Waals surface area contributed by atoms with Crippen molar-refractivity contribution in [1.82, 2.24) is 10.3 Å². The Hall–Kier alpha value is -1.22. The van der Waals surface area contributed by atoms with Crippen LogP contribution in [0.4, 0.5) is 0 Å². The number of pyridine rings is 1. The summed E-state index contributed by atoms with van der Waals surface area (Å²) in [4.78, 5) is 15.2. The van der Waals surface area contributed by atoms with Crippen LogP contribution < -0.4 is 5.32 Å². The predicted octanol–water partition coefficient (Wildman–Crippen LogP) is 0.874. The lowest BCUT2D eigenvalue weighted by Crippen LogP contribution is -2.13. The van der Waals surface area contributed by atoms with Crippen LogP contribution in [-0.2, 0) is 0 Å². The van der Waals surface area contributed by atoms with Gasteiger partial charge in [-0.3, -0.25) is 9.78 Å². The Balaban J connectivity index is 2.54. The van der Waals surface area contributed by atoms with Crippen LogP contribution in [0.3, 0.4) is 0 Å². The van der Waals surface area contributed by atoms with Crippen molar-refractivity contribution in [3.63, 3.8) is 0 Å². The van der Waals surface area contributed by atoms with Crippen LogP contribution >= 0.6 is 0 Å². The summed E-state index contributed by atoms with van der Waals surface area (Å²) in [5, 5.41) is 2.93. The fourth-order valence-electron chi connectivity index (χ4n) is 0.911. The van der Waals surface area contributed by atoms with E-state index in [9.17, 15) is 4.79 Å². The third-order valence-corrected chi connectivity index (χ3v) is 1.59. The molecular formula is C9H12N2O. The number of hydrogen-bond donors (Lipinski definition) is 1. The standard InChI is InChI=1S/C9H12N2O/c1-10-6-4-9(12)8-3-2-5-11-7-8/h2-3,5,7,10H,4,6H2,1H3. The van der Waals surface area contributed by atoms with Gasteiger partial charge in [-0.05, 0) is 19.2 Å². The third kappa shape index (κ3) is 2.43. The number of carbonyl (C=O) groups excluding carboxylic acids is 1. The molecule has 1 N–H and O–H groups in total. The molecule has 0 aliphatic carbocycles. The molecule has 3 heteroatoms. The summed E-state index contributed by atoms with van der Waals surface area (Å²) in [7, 11) is 1.83. The second-order valence-corrected chi connectivity index (χ2v) is 2.52. The van der Waals surface area contributed by atoms with Crippen LogP contribution in [0, 0.1) is 0 Å². The molecular weight excluding hydrogens is 152 g/mol. The van der Waals surface area contributed by atoms with Gasteiger partial charge in [0, 0.05) is 30.9 Å². The molecule has 1 aromatic heterocycles. The molecule has 0 bridgehead atoms. The first-order valence-corrected chi connectivity index (χ1v) is 3.92. The molecule has 12 heavy (non-hydrogen) atoms. The Kier molecular flexibility index (Phi) is 3.41. The minimum atomic E-state index is 0.137. The monoisotopic (exact) mass is 164 g/mol. The molecule has 0 aliphatic rings. The first-order chi connectivity index (χ1) is 5.84. The Morgan fingerprint density at radius 2 is 2.50 bits per heavy atom. The zero-order valence-corrected chi connectivity index (χ0v) is 7.08. The summed E-state index contributed by atoms with van der Waals surface area (Å²) in [5.41, 5.74) is 0.688. The number of rotatable bonds is 4. The number of ketones is 1. The van der Waals surface area contributed by atoms with E-state index in [0.29, 0.717) is 18.5 Å². The maximum atomic E-state index is 11.3. The number of carbonyl (C=O) groups is 1. The van der Waals surface area contributed by atoms with E-state index in [0.717, 1.165) is 0 Å². The summed E-state index contributed by atoms with van der Waals surface area (Å²) in [6.07, 6.45) is 3.79. The molecule has 0 radical (unpaired) electrons. The molecule has 0 aromatic carbocycles. The van der Waals surface area contributed by atoms with Gasteiger partial charge in [-0.2, -0.15) is 0 Å². The van der Waals surface area contributed by atoms with E-state index in [1.807, 2.05) is 7.05 Å². The van der Waals surface area contributed by atoms with Gasteiger partial charge in [0.25, 0.3) is 0 Å². The van der Waals surface area contributed by atoms with Crippen LogP contribution in [-0.4, -0.2) is 24.4 Å². The summed E-state index contributed by atoms with van der Waals surface area (Å²) in [6.45, 7) is 0.716. The van der Waals surface area contributed by atoms with E-state index in [-0.39, 0.29) is 5.78 Å². The van der Waals surface area contributed by atoms with E-state index in [2.05, 4.69) is 10.3 Å². The zero-order chi connectivity index (χ0) is 8.81. The summed E-state index contributed by atoms with van der Waals surface area (Å²) < 4.78 is 0. The van der Waals surface area contributed by atoms with Crippen molar-refractivity contribution < 1.29 is 4.79 Å². The van der Waals surface area contributed by atoms with Crippen LogP contribution in [0.5, 0.6) is 0 Å². The number of nitrogens with one attached hydrogen (secondary N) is 1. The highest BCUT2D eigenvalue weighted by atomic mass is 16.1. The Labute approximate surface area is 71.8 Å². The molecule has 0 fully saturated rings. The van der Waals surface area contributed by atoms with Crippen molar-refractivity contribution in [3.8, 4) is 0 Å². The molecule has 0 unspecified atom stereocenters. The smallest absolute Gasteiger partial charge is 0.165 e. The third-order valence-electron chi connectivity index (χ3n) is 1.59. The largest absolute Gasteiger partial charge is 0.319 e. The topological polar surface area (TPSA) is 42.0 Å². The van der Waals surface area contributed by atoms with Crippen LogP contribution in [0.2, 0.25) is 0 Å². The number of hydrogen-bond acceptors (Lipinski definition) is 3. The highest BCUT2D eigenvalue weighted by Gasteiger charge is 2.02. The van der Waals surface area contributed by atoms with Crippen molar-refractivity contribution >= 4 is 5.78 Å². The Bertz CT molecular complexity index is 246. The maximum Gasteiger partial charge on any atom is 0.165 e. The van der Waals surface area contributed by atoms with Gasteiger partial charge in [0.2, 0.25) is 0 Å². The SMILES string of the molecule is CNCCC(=O)c1cccnc1. The van der Waals surface area contributed by atoms with Crippen molar-refractivity contribution in [2.45, 2.75) is 6.42 Å². The molecule has 1 heterocycles. The van der Waals surface area contributed by atoms with E-state index in [1.54, 1.807) is 24.5 Å². The lowest BCUT2D eigenvalue weighted by molar-refractivity contribution is 0.0983. The number of Topliss-reactive ketones (excluding diaryl/α,β-unsaturated/α-hetero) is 1. The maximum absolute atomic E-state index is 11.3. The molecule has 1 rings (SSSR count). The van der Waals surface area contributed by atoms with E-state index < -0.39 is 0 Å². The highest BCUT2D eigenvalue weighted by molar-refractivity contribution is 5.95. The van der Waals surface area contributed by atoms with Gasteiger partial charge in [0.05, 0.1) is 0 Å². The molecule has 0 saturated carbocycles. The normalized spacial score (nSPS) is 9.75. The van der Waals surface area contributed by atoms with E-state index in [1.165, 1.54) is 0 Å². The van der Waals surface area contributed by atoms with Crippen molar-refractivity contribution in [2.24, 2.45) is 0 Å². The molecule has 0 atom stereocenters. The first kappa shape index (κ1) is 8.87. The van der Waals surface area contributed by atoms with Crippen molar-refractivity contribution in [3.05, 3.63) is 30.1 Å². The fourth-order valence-corrected chi connectivity index (χ4v) is 0.911. The lowest BCUT2D eigenvalue weighted by Gasteiger charge is -1.98. The molecule has 0 amide bonds. The Morgan fingerprint density at radius 1 is 1.67 bits per heavy atom. The quantitative estimate of drug-likeness (QED) is 0.671. The lowest BCUT2D eigenvalue weighted by atomic mass is 10.1. The minimum absolute atomic E-state index is 0.137. The second-order valence-electron chi connectivity index (χ2n) is 2.52. The van der Waals surface area contributed by atoms with Gasteiger partial charge in [-0.25, -0.2) is 0 Å². The van der Waals surface area contributed by atoms with Crippen LogP contribution in [0.1, 0.15) is 16.8 Å². The average molecular weight is 164 g/mol. The molecule has 64 valence electrons. The number of aromatic nitrogens is 1. The summed E-state index contributed by atoms with van der Waals surface area (Å²) in [5.74, 6) is 0.137. The first-order valence-electron chi connectivity index (χ1n) is 3.92. The van der Waals surface area contributed by atoms with Crippen molar-refractivity contribution in [1.29, 1.82) is 0 Å². The van der Waals surface area contributed by atoms with Crippen molar-refractivity contribution in [2.75, 3.05) is 13.6 Å². The van der Waals surface area contributed by atoms with E-state index in [4.69, 9.17) is 0 Å². The predicted molar refractivity (Wildman–Crippen MR) is 47.1 cm³/mol. The van der Waals surface area contributed by atoms with Gasteiger partial charge in [0.15, 0.2) is 5.78 Å². The molecule has 3 nitrogen and oxygen atoms in total. The van der Waals surface area contributed by atoms with Gasteiger partial charge in [0.1, 0.15) is 0 Å². The highest BCUT2D eigenvalue weighted by Crippen LogP contribution is 1.99. The summed E-state index contributed by atoms with van der Waals surface area (Å²) >= 11 is 0. The zero-order valence-electron chi connectivity index (χ0n) is 7.08. The van der Waals surface area contributed by atoms with Crippen LogP contribution in [0.15, 0.2) is 24.5 Å². The van der Waals surface area contributed by atoms with E-state index >= 15 is 0 Å². The Morgan fingerprint density at radius 3 is 3.08 bits per heavy atom. The molecule has 1 aromatic rings. The van der Waals surface area contributed by atoms with Gasteiger partial charge in [-0.1, -0.05) is 0 Å². The summed E-state index contributed by atoms with van der Waals surface area (Å²) in [6, 6.07) is 3.55. The van der Waals surface area contributed by atoms with Gasteiger partial charge >= 0.3 is 0 Å².